The summed E-state index contributed by atoms with van der Waals surface area (Å²) in [6.45, 7) is 0. The molecule has 2 aromatic rings. The zero-order chi connectivity index (χ0) is 19.8. The van der Waals surface area contributed by atoms with Gasteiger partial charge in [0.15, 0.2) is 0 Å². The molecule has 0 fully saturated rings. The summed E-state index contributed by atoms with van der Waals surface area (Å²) in [5.41, 5.74) is 1.73. The molecule has 0 aliphatic carbocycles. The van der Waals surface area contributed by atoms with Gasteiger partial charge in [0.1, 0.15) is 11.5 Å². The van der Waals surface area contributed by atoms with E-state index >= 15 is 0 Å². The number of nitrogens with zero attached hydrogens (tertiary/aromatic N) is 1. The van der Waals surface area contributed by atoms with Crippen molar-refractivity contribution in [2.24, 2.45) is 5.16 Å². The molecular formula is C19H20N2O6. The minimum atomic E-state index is -0.978. The van der Waals surface area contributed by atoms with Gasteiger partial charge >= 0.3 is 5.97 Å². The zero-order valence-electron chi connectivity index (χ0n) is 14.9. The Bertz CT molecular complexity index is 824. The average molecular weight is 372 g/mol. The highest BCUT2D eigenvalue weighted by atomic mass is 16.5. The second kappa shape index (κ2) is 9.23. The first-order valence-electron chi connectivity index (χ1n) is 8.04. The van der Waals surface area contributed by atoms with E-state index in [-0.39, 0.29) is 24.5 Å². The number of methoxy groups -OCH3 is 2. The lowest BCUT2D eigenvalue weighted by molar-refractivity contribution is -0.136. The maximum Gasteiger partial charge on any atom is 0.303 e. The molecule has 0 saturated heterocycles. The van der Waals surface area contributed by atoms with Crippen LogP contribution in [-0.2, 0) is 4.79 Å². The second-order valence-electron chi connectivity index (χ2n) is 5.57. The quantitative estimate of drug-likeness (QED) is 0.372. The molecule has 8 heteroatoms. The summed E-state index contributed by atoms with van der Waals surface area (Å²) in [4.78, 5) is 23.1. The number of carboxylic acids is 1. The van der Waals surface area contributed by atoms with Gasteiger partial charge in [-0.1, -0.05) is 17.3 Å². The molecule has 0 bridgehead atoms. The van der Waals surface area contributed by atoms with Crippen molar-refractivity contribution in [2.75, 3.05) is 19.5 Å². The number of oxime groups is 1. The molecule has 3 N–H and O–H groups in total. The predicted octanol–water partition coefficient (Wildman–Crippen LogP) is 3.00. The third kappa shape index (κ3) is 5.46. The fourth-order valence-corrected chi connectivity index (χ4v) is 2.37. The fraction of sp³-hybridized carbons (Fsp3) is 0.211. The maximum absolute atomic E-state index is 12.5. The van der Waals surface area contributed by atoms with Crippen molar-refractivity contribution in [3.63, 3.8) is 0 Å². The number of carbonyl (C=O) groups excluding carboxylic acids is 1. The zero-order valence-corrected chi connectivity index (χ0v) is 14.9. The van der Waals surface area contributed by atoms with Crippen molar-refractivity contribution >= 4 is 23.3 Å². The third-order valence-corrected chi connectivity index (χ3v) is 3.79. The standard InChI is InChI=1S/C19H20N2O6/c1-26-15-9-13(10-16(11-15)27-2)19(24)20-14-5-3-12(4-6-14)17(21-25)7-8-18(22)23/h3-6,9-11,25H,7-8H2,1-2H3,(H,20,24)(H,22,23). The molecule has 0 aliphatic heterocycles. The minimum Gasteiger partial charge on any atom is -0.497 e. The van der Waals surface area contributed by atoms with Gasteiger partial charge < -0.3 is 25.1 Å². The number of hydrogen-bond acceptors (Lipinski definition) is 6. The van der Waals surface area contributed by atoms with E-state index in [1.165, 1.54) is 14.2 Å². The summed E-state index contributed by atoms with van der Waals surface area (Å²) in [5.74, 6) is -0.329. The Morgan fingerprint density at radius 2 is 1.56 bits per heavy atom. The Labute approximate surface area is 156 Å². The molecule has 1 amide bonds. The maximum atomic E-state index is 12.5. The molecule has 0 radical (unpaired) electrons. The molecule has 0 unspecified atom stereocenters. The van der Waals surface area contributed by atoms with Crippen LogP contribution in [0.1, 0.15) is 28.8 Å². The largest absolute Gasteiger partial charge is 0.497 e. The van der Waals surface area contributed by atoms with Gasteiger partial charge in [-0.15, -0.1) is 0 Å². The van der Waals surface area contributed by atoms with Crippen molar-refractivity contribution in [1.82, 2.24) is 0 Å². The van der Waals surface area contributed by atoms with Crippen molar-refractivity contribution in [2.45, 2.75) is 12.8 Å². The third-order valence-electron chi connectivity index (χ3n) is 3.79. The monoisotopic (exact) mass is 372 g/mol. The number of amides is 1. The van der Waals surface area contributed by atoms with Crippen LogP contribution in [0.4, 0.5) is 5.69 Å². The number of anilines is 1. The second-order valence-corrected chi connectivity index (χ2v) is 5.57. The number of nitrogens with one attached hydrogen (secondary N) is 1. The highest BCUT2D eigenvalue weighted by Gasteiger charge is 2.11. The normalized spacial score (nSPS) is 11.0. The molecule has 2 rings (SSSR count). The molecule has 0 atom stereocenters. The predicted molar refractivity (Wildman–Crippen MR) is 99.1 cm³/mol. The smallest absolute Gasteiger partial charge is 0.303 e. The molecular weight excluding hydrogens is 352 g/mol. The minimum absolute atomic E-state index is 0.0984. The van der Waals surface area contributed by atoms with E-state index < -0.39 is 5.97 Å². The number of carbonyl (C=O) groups is 2. The van der Waals surface area contributed by atoms with Crippen LogP contribution in [0.5, 0.6) is 11.5 Å². The van der Waals surface area contributed by atoms with E-state index in [0.717, 1.165) is 0 Å². The number of rotatable bonds is 8. The van der Waals surface area contributed by atoms with Crippen molar-refractivity contribution < 1.29 is 29.4 Å². The van der Waals surface area contributed by atoms with Crippen LogP contribution < -0.4 is 14.8 Å². The van der Waals surface area contributed by atoms with Crippen LogP contribution in [0.3, 0.4) is 0 Å². The molecule has 8 nitrogen and oxygen atoms in total. The van der Waals surface area contributed by atoms with Gasteiger partial charge in [0.25, 0.3) is 5.91 Å². The molecule has 0 saturated carbocycles. The highest BCUT2D eigenvalue weighted by molar-refractivity contribution is 6.05. The van der Waals surface area contributed by atoms with E-state index in [0.29, 0.717) is 28.3 Å². The molecule has 0 heterocycles. The van der Waals surface area contributed by atoms with Gasteiger partial charge in [-0.05, 0) is 29.8 Å². The molecule has 0 aromatic heterocycles. The van der Waals surface area contributed by atoms with Crippen LogP contribution in [0.25, 0.3) is 0 Å². The summed E-state index contributed by atoms with van der Waals surface area (Å²) >= 11 is 0. The van der Waals surface area contributed by atoms with E-state index in [9.17, 15) is 9.59 Å². The number of ether oxygens (including phenoxy) is 2. The van der Waals surface area contributed by atoms with Crippen LogP contribution >= 0.6 is 0 Å². The Morgan fingerprint density at radius 3 is 2.04 bits per heavy atom. The van der Waals surface area contributed by atoms with Crippen LogP contribution in [0.15, 0.2) is 47.6 Å². The SMILES string of the molecule is COc1cc(OC)cc(C(=O)Nc2ccc(C(CCC(=O)O)=NO)cc2)c1. The van der Waals surface area contributed by atoms with Crippen molar-refractivity contribution in [3.8, 4) is 11.5 Å². The fourth-order valence-electron chi connectivity index (χ4n) is 2.37. The van der Waals surface area contributed by atoms with Gasteiger partial charge in [-0.2, -0.15) is 0 Å². The van der Waals surface area contributed by atoms with Crippen LogP contribution in [0.2, 0.25) is 0 Å². The lowest BCUT2D eigenvalue weighted by atomic mass is 10.1. The van der Waals surface area contributed by atoms with Gasteiger partial charge in [0.05, 0.1) is 26.4 Å². The van der Waals surface area contributed by atoms with E-state index in [2.05, 4.69) is 10.5 Å². The van der Waals surface area contributed by atoms with Gasteiger partial charge in [0.2, 0.25) is 0 Å². The Hall–Kier alpha value is -3.55. The van der Waals surface area contributed by atoms with Gasteiger partial charge in [-0.25, -0.2) is 0 Å². The Balaban J connectivity index is 2.12. The Morgan fingerprint density at radius 1 is 0.963 bits per heavy atom. The summed E-state index contributed by atoms with van der Waals surface area (Å²) in [6.07, 6.45) is -0.0449. The summed E-state index contributed by atoms with van der Waals surface area (Å²) in [5, 5.41) is 23.7. The topological polar surface area (TPSA) is 117 Å². The number of hydrogen-bond donors (Lipinski definition) is 3. The van der Waals surface area contributed by atoms with Crippen molar-refractivity contribution in [1.29, 1.82) is 0 Å². The molecule has 0 aliphatic rings. The van der Waals surface area contributed by atoms with E-state index in [1.54, 1.807) is 42.5 Å². The van der Waals surface area contributed by atoms with Crippen molar-refractivity contribution in [3.05, 3.63) is 53.6 Å². The highest BCUT2D eigenvalue weighted by Crippen LogP contribution is 2.23. The van der Waals surface area contributed by atoms with E-state index in [4.69, 9.17) is 19.8 Å². The number of benzene rings is 2. The Kier molecular flexibility index (Phi) is 6.76. The molecule has 142 valence electrons. The van der Waals surface area contributed by atoms with Crippen LogP contribution in [0, 0.1) is 0 Å². The number of carboxylic acid groups (broad SMARTS) is 1. The average Bonchev–Trinajstić information content (AvgIpc) is 2.68. The van der Waals surface area contributed by atoms with E-state index in [1.807, 2.05) is 0 Å². The lowest BCUT2D eigenvalue weighted by Gasteiger charge is -2.10. The van der Waals surface area contributed by atoms with Gasteiger partial charge in [-0.3, -0.25) is 9.59 Å². The first kappa shape index (κ1) is 19.8. The van der Waals surface area contributed by atoms with Crippen LogP contribution in [-0.4, -0.2) is 42.1 Å². The molecule has 0 spiro atoms. The first-order valence-corrected chi connectivity index (χ1v) is 8.04. The summed E-state index contributed by atoms with van der Waals surface area (Å²) in [6, 6.07) is 11.4. The first-order chi connectivity index (χ1) is 13.0. The molecule has 2 aromatic carbocycles. The summed E-state index contributed by atoms with van der Waals surface area (Å²) < 4.78 is 10.3. The lowest BCUT2D eigenvalue weighted by Crippen LogP contribution is -2.12. The van der Waals surface area contributed by atoms with Gasteiger partial charge in [0, 0.05) is 23.7 Å². The number of aliphatic carboxylic acids is 1. The summed E-state index contributed by atoms with van der Waals surface area (Å²) in [7, 11) is 3.00. The molecule has 27 heavy (non-hydrogen) atoms.